The first-order valence-electron chi connectivity index (χ1n) is 10.7. The Bertz CT molecular complexity index is 784. The van der Waals surface area contributed by atoms with Gasteiger partial charge in [-0.05, 0) is 74.8 Å². The second kappa shape index (κ2) is 10.2. The molecule has 0 bridgehead atoms. The van der Waals surface area contributed by atoms with Crippen LogP contribution in [0.3, 0.4) is 0 Å². The number of ether oxygens (including phenoxy) is 1. The highest BCUT2D eigenvalue weighted by Gasteiger charge is 2.38. The number of rotatable bonds is 6. The lowest BCUT2D eigenvalue weighted by molar-refractivity contribution is -0.146. The van der Waals surface area contributed by atoms with E-state index in [9.17, 15) is 14.4 Å². The van der Waals surface area contributed by atoms with Crippen LogP contribution in [0.1, 0.15) is 78.1 Å². The molecule has 1 aromatic rings. The quantitative estimate of drug-likeness (QED) is 0.709. The summed E-state index contributed by atoms with van der Waals surface area (Å²) in [5.74, 6) is -0.637. The van der Waals surface area contributed by atoms with Gasteiger partial charge >= 0.3 is 6.09 Å². The average molecular weight is 434 g/mol. The zero-order chi connectivity index (χ0) is 24.1. The number of carbonyl (C=O) groups is 3. The minimum Gasteiger partial charge on any atom is -0.444 e. The molecule has 0 aliphatic heterocycles. The van der Waals surface area contributed by atoms with Gasteiger partial charge in [0.1, 0.15) is 18.2 Å². The van der Waals surface area contributed by atoms with Crippen LogP contribution in [-0.4, -0.2) is 46.5 Å². The monoisotopic (exact) mass is 433 g/mol. The summed E-state index contributed by atoms with van der Waals surface area (Å²) in [6.07, 6.45) is -0.677. The molecule has 1 unspecified atom stereocenters. The van der Waals surface area contributed by atoms with Crippen molar-refractivity contribution in [2.45, 2.75) is 92.5 Å². The first-order valence-corrected chi connectivity index (χ1v) is 10.7. The number of hydrogen-bond acceptors (Lipinski definition) is 4. The van der Waals surface area contributed by atoms with Crippen molar-refractivity contribution in [2.24, 2.45) is 0 Å². The van der Waals surface area contributed by atoms with E-state index in [0.717, 1.165) is 16.7 Å². The Labute approximate surface area is 186 Å². The van der Waals surface area contributed by atoms with Crippen LogP contribution in [0.5, 0.6) is 0 Å². The summed E-state index contributed by atoms with van der Waals surface area (Å²) in [7, 11) is 0. The molecule has 1 atom stereocenters. The molecule has 31 heavy (non-hydrogen) atoms. The van der Waals surface area contributed by atoms with Crippen LogP contribution in [0.4, 0.5) is 4.79 Å². The Morgan fingerprint density at radius 3 is 1.90 bits per heavy atom. The van der Waals surface area contributed by atoms with Gasteiger partial charge in [0.15, 0.2) is 0 Å². The Morgan fingerprint density at radius 1 is 0.968 bits per heavy atom. The van der Waals surface area contributed by atoms with Crippen LogP contribution >= 0.6 is 0 Å². The summed E-state index contributed by atoms with van der Waals surface area (Å²) in [5, 5.41) is 5.46. The predicted octanol–water partition coefficient (Wildman–Crippen LogP) is 4.02. The summed E-state index contributed by atoms with van der Waals surface area (Å²) in [6, 6.07) is 4.94. The van der Waals surface area contributed by atoms with E-state index in [1.54, 1.807) is 20.8 Å². The van der Waals surface area contributed by atoms with Gasteiger partial charge < -0.3 is 20.3 Å². The molecule has 0 aromatic heterocycles. The zero-order valence-corrected chi connectivity index (χ0v) is 20.7. The maximum Gasteiger partial charge on any atom is 0.408 e. The van der Waals surface area contributed by atoms with Gasteiger partial charge in [0.25, 0.3) is 0 Å². The maximum absolute atomic E-state index is 13.3. The molecule has 1 aromatic carbocycles. The second-order valence-electron chi connectivity index (χ2n) is 10.3. The van der Waals surface area contributed by atoms with Crippen molar-refractivity contribution < 1.29 is 19.1 Å². The lowest BCUT2D eigenvalue weighted by Gasteiger charge is -2.41. The lowest BCUT2D eigenvalue weighted by Crippen LogP contribution is -2.55. The normalized spacial score (nSPS) is 12.9. The number of alkyl carbamates (subject to hydrolysis) is 1. The summed E-state index contributed by atoms with van der Waals surface area (Å²) >= 11 is 0. The smallest absolute Gasteiger partial charge is 0.408 e. The van der Waals surface area contributed by atoms with E-state index in [1.807, 2.05) is 66.7 Å². The molecule has 3 amide bonds. The van der Waals surface area contributed by atoms with Crippen LogP contribution in [0.15, 0.2) is 18.2 Å². The molecule has 0 heterocycles. The van der Waals surface area contributed by atoms with E-state index in [1.165, 1.54) is 4.90 Å². The van der Waals surface area contributed by atoms with Gasteiger partial charge in [-0.1, -0.05) is 29.3 Å². The molecule has 0 saturated heterocycles. The fraction of sp³-hybridized carbons (Fsp3) is 0.625. The standard InChI is InChI=1S/C24H39N3O4/c1-15(2)26-21(29)20(18-12-16(3)11-17(4)13-18)27(23(5,6)7)19(28)14-25-22(30)31-24(8,9)10/h11-13,15,20H,14H2,1-10H3,(H,25,30)(H,26,29). The fourth-order valence-electron chi connectivity index (χ4n) is 3.40. The van der Waals surface area contributed by atoms with E-state index in [-0.39, 0.29) is 24.4 Å². The molecule has 7 heteroatoms. The highest BCUT2D eigenvalue weighted by atomic mass is 16.6. The first kappa shape index (κ1) is 26.5. The number of benzene rings is 1. The van der Waals surface area contributed by atoms with Crippen LogP contribution in [-0.2, 0) is 14.3 Å². The number of aryl methyl sites for hydroxylation is 2. The van der Waals surface area contributed by atoms with Crippen molar-refractivity contribution >= 4 is 17.9 Å². The molecule has 0 aliphatic carbocycles. The number of hydrogen-bond donors (Lipinski definition) is 2. The second-order valence-corrected chi connectivity index (χ2v) is 10.3. The average Bonchev–Trinajstić information content (AvgIpc) is 2.53. The van der Waals surface area contributed by atoms with Crippen LogP contribution < -0.4 is 10.6 Å². The number of carbonyl (C=O) groups excluding carboxylic acids is 3. The van der Waals surface area contributed by atoms with E-state index in [0.29, 0.717) is 0 Å². The van der Waals surface area contributed by atoms with Crippen LogP contribution in [0.2, 0.25) is 0 Å². The molecule has 0 fully saturated rings. The van der Waals surface area contributed by atoms with Crippen molar-refractivity contribution in [1.29, 1.82) is 0 Å². The van der Waals surface area contributed by atoms with Gasteiger partial charge in [0.2, 0.25) is 11.8 Å². The molecule has 2 N–H and O–H groups in total. The first-order chi connectivity index (χ1) is 14.0. The maximum atomic E-state index is 13.3. The van der Waals surface area contributed by atoms with Crippen molar-refractivity contribution in [3.05, 3.63) is 34.9 Å². The van der Waals surface area contributed by atoms with Gasteiger partial charge in [0.05, 0.1) is 0 Å². The van der Waals surface area contributed by atoms with Crippen molar-refractivity contribution in [3.63, 3.8) is 0 Å². The summed E-state index contributed by atoms with van der Waals surface area (Å²) in [4.78, 5) is 40.2. The zero-order valence-electron chi connectivity index (χ0n) is 20.7. The highest BCUT2D eigenvalue weighted by molar-refractivity contribution is 5.91. The number of amides is 3. The molecule has 7 nitrogen and oxygen atoms in total. The van der Waals surface area contributed by atoms with Crippen LogP contribution in [0.25, 0.3) is 0 Å². The molecule has 0 aliphatic rings. The van der Waals surface area contributed by atoms with E-state index >= 15 is 0 Å². The van der Waals surface area contributed by atoms with Crippen molar-refractivity contribution in [3.8, 4) is 0 Å². The van der Waals surface area contributed by atoms with Crippen molar-refractivity contribution in [2.75, 3.05) is 6.54 Å². The largest absolute Gasteiger partial charge is 0.444 e. The summed E-state index contributed by atoms with van der Waals surface area (Å²) in [5.41, 5.74) is 1.39. The Kier molecular flexibility index (Phi) is 8.67. The summed E-state index contributed by atoms with van der Waals surface area (Å²) in [6.45, 7) is 18.3. The summed E-state index contributed by atoms with van der Waals surface area (Å²) < 4.78 is 5.23. The Morgan fingerprint density at radius 2 is 1.48 bits per heavy atom. The minimum atomic E-state index is -0.839. The van der Waals surface area contributed by atoms with Gasteiger partial charge in [-0.15, -0.1) is 0 Å². The molecule has 174 valence electrons. The van der Waals surface area contributed by atoms with E-state index in [2.05, 4.69) is 10.6 Å². The molecule has 0 saturated carbocycles. The molecule has 0 spiro atoms. The minimum absolute atomic E-state index is 0.0854. The van der Waals surface area contributed by atoms with Gasteiger partial charge in [0, 0.05) is 11.6 Å². The molecule has 1 rings (SSSR count). The third-order valence-electron chi connectivity index (χ3n) is 4.27. The molecular weight excluding hydrogens is 394 g/mol. The predicted molar refractivity (Wildman–Crippen MR) is 123 cm³/mol. The fourth-order valence-corrected chi connectivity index (χ4v) is 3.40. The Balaban J connectivity index is 3.33. The van der Waals surface area contributed by atoms with Crippen molar-refractivity contribution in [1.82, 2.24) is 15.5 Å². The Hall–Kier alpha value is -2.57. The number of nitrogens with one attached hydrogen (secondary N) is 2. The third kappa shape index (κ3) is 8.59. The van der Waals surface area contributed by atoms with Crippen LogP contribution in [0, 0.1) is 13.8 Å². The van der Waals surface area contributed by atoms with Gasteiger partial charge in [-0.3, -0.25) is 9.59 Å². The van der Waals surface area contributed by atoms with Gasteiger partial charge in [-0.25, -0.2) is 4.79 Å². The topological polar surface area (TPSA) is 87.7 Å². The molecular formula is C24H39N3O4. The highest BCUT2D eigenvalue weighted by Crippen LogP contribution is 2.30. The third-order valence-corrected chi connectivity index (χ3v) is 4.27. The molecule has 0 radical (unpaired) electrons. The lowest BCUT2D eigenvalue weighted by atomic mass is 9.94. The van der Waals surface area contributed by atoms with E-state index < -0.39 is 23.3 Å². The SMILES string of the molecule is Cc1cc(C)cc(C(C(=O)NC(C)C)N(C(=O)CNC(=O)OC(C)(C)C)C(C)(C)C)c1. The van der Waals surface area contributed by atoms with Gasteiger partial charge in [-0.2, -0.15) is 0 Å². The van der Waals surface area contributed by atoms with E-state index in [4.69, 9.17) is 4.74 Å². The number of nitrogens with zero attached hydrogens (tertiary/aromatic N) is 1.